The molecule has 1 heterocycles. The molecule has 6 rings (SSSR count). The van der Waals surface area contributed by atoms with Crippen LogP contribution in [0, 0.1) is 50.7 Å². The Morgan fingerprint density at radius 2 is 1.63 bits per heavy atom. The standard InChI is InChI=1S/C36H54N2O5/c1-21(2)29-24(40)19-36(31(42)38-18-17-37-28(41)20-38)16-15-34(7)23(30(29)36)9-10-26-33(6)13-12-27(43-22(3)39)32(4,5)25(33)11-14-35(26,34)8/h21,23,25-27H,9-20H2,1-8H3,(H,37,41)/t23?,25?,26?,27-,33-,34+,35+,36+/m0/s1. The van der Waals surface area contributed by atoms with Gasteiger partial charge in [-0.05, 0) is 102 Å². The number of carbonyl (C=O) groups excluding carboxylic acids is 4. The van der Waals surface area contributed by atoms with Crippen LogP contribution in [0.2, 0.25) is 0 Å². The summed E-state index contributed by atoms with van der Waals surface area (Å²) in [4.78, 5) is 54.4. The Kier molecular flexibility index (Phi) is 7.10. The average Bonchev–Trinajstić information content (AvgIpc) is 3.23. The first-order chi connectivity index (χ1) is 20.0. The molecule has 8 atom stereocenters. The summed E-state index contributed by atoms with van der Waals surface area (Å²) in [6.07, 6.45) is 8.15. The van der Waals surface area contributed by atoms with E-state index < -0.39 is 5.41 Å². The SMILES string of the molecule is CC(=O)O[C@H]1CC[C@@]2(C)C(CC[C@]3(C)C2CCC2C4=C(C(C)C)C(=O)C[C@]4(C(=O)N4CCNC(=O)C4)CC[C@]23C)C1(C)C. The number of ketones is 1. The molecule has 238 valence electrons. The van der Waals surface area contributed by atoms with Crippen LogP contribution in [-0.4, -0.2) is 54.2 Å². The number of hydrogen-bond donors (Lipinski definition) is 1. The summed E-state index contributed by atoms with van der Waals surface area (Å²) in [6, 6.07) is 0. The number of Topliss-reactive ketones (excluding diaryl/α,β-unsaturated/α-hetero) is 1. The van der Waals surface area contributed by atoms with Crippen LogP contribution in [0.5, 0.6) is 0 Å². The van der Waals surface area contributed by atoms with Crippen LogP contribution < -0.4 is 5.32 Å². The molecule has 4 saturated carbocycles. The minimum atomic E-state index is -0.799. The van der Waals surface area contributed by atoms with Gasteiger partial charge in [0, 0.05) is 31.8 Å². The zero-order valence-corrected chi connectivity index (χ0v) is 27.9. The van der Waals surface area contributed by atoms with Crippen LogP contribution in [0.1, 0.15) is 113 Å². The molecular weight excluding hydrogens is 540 g/mol. The van der Waals surface area contributed by atoms with E-state index in [9.17, 15) is 19.2 Å². The summed E-state index contributed by atoms with van der Waals surface area (Å²) in [5.41, 5.74) is 1.38. The third-order valence-corrected chi connectivity index (χ3v) is 14.4. The Hall–Kier alpha value is -2.18. The molecule has 7 nitrogen and oxygen atoms in total. The predicted molar refractivity (Wildman–Crippen MR) is 165 cm³/mol. The van der Waals surface area contributed by atoms with Crippen LogP contribution in [0.15, 0.2) is 11.1 Å². The fourth-order valence-corrected chi connectivity index (χ4v) is 12.4. The average molecular weight is 595 g/mol. The quantitative estimate of drug-likeness (QED) is 0.414. The van der Waals surface area contributed by atoms with Crippen molar-refractivity contribution in [3.63, 3.8) is 0 Å². The zero-order chi connectivity index (χ0) is 31.3. The van der Waals surface area contributed by atoms with E-state index in [4.69, 9.17) is 4.74 Å². The Balaban J connectivity index is 1.39. The highest BCUT2D eigenvalue weighted by Crippen LogP contribution is 2.76. The number of nitrogens with one attached hydrogen (secondary N) is 1. The van der Waals surface area contributed by atoms with Crippen LogP contribution in [0.4, 0.5) is 0 Å². The summed E-state index contributed by atoms with van der Waals surface area (Å²) in [6.45, 7) is 19.1. The Morgan fingerprint density at radius 1 is 0.907 bits per heavy atom. The van der Waals surface area contributed by atoms with E-state index in [1.807, 2.05) is 0 Å². The van der Waals surface area contributed by atoms with Crippen LogP contribution in [0.25, 0.3) is 0 Å². The van der Waals surface area contributed by atoms with Crippen molar-refractivity contribution in [3.05, 3.63) is 11.1 Å². The van der Waals surface area contributed by atoms with Crippen LogP contribution >= 0.6 is 0 Å². The lowest BCUT2D eigenvalue weighted by Crippen LogP contribution is -2.66. The van der Waals surface area contributed by atoms with Crippen molar-refractivity contribution < 1.29 is 23.9 Å². The largest absolute Gasteiger partial charge is 0.462 e. The summed E-state index contributed by atoms with van der Waals surface area (Å²) < 4.78 is 5.91. The molecule has 0 spiro atoms. The molecule has 1 aliphatic heterocycles. The van der Waals surface area contributed by atoms with Crippen molar-refractivity contribution in [2.75, 3.05) is 19.6 Å². The van der Waals surface area contributed by atoms with Gasteiger partial charge < -0.3 is 15.0 Å². The van der Waals surface area contributed by atoms with Gasteiger partial charge in [-0.2, -0.15) is 0 Å². The van der Waals surface area contributed by atoms with Crippen molar-refractivity contribution in [1.82, 2.24) is 10.2 Å². The maximum Gasteiger partial charge on any atom is 0.302 e. The van der Waals surface area contributed by atoms with E-state index in [1.165, 1.54) is 6.92 Å². The van der Waals surface area contributed by atoms with Gasteiger partial charge in [-0.3, -0.25) is 19.2 Å². The first kappa shape index (κ1) is 30.8. The summed E-state index contributed by atoms with van der Waals surface area (Å²) in [7, 11) is 0. The number of hydrogen-bond acceptors (Lipinski definition) is 5. The highest BCUT2D eigenvalue weighted by atomic mass is 16.5. The maximum atomic E-state index is 14.5. The number of esters is 1. The van der Waals surface area contributed by atoms with Gasteiger partial charge in [0.25, 0.3) is 0 Å². The highest BCUT2D eigenvalue weighted by molar-refractivity contribution is 6.07. The van der Waals surface area contributed by atoms with Gasteiger partial charge in [-0.1, -0.05) is 48.5 Å². The Bertz CT molecular complexity index is 1280. The Labute approximate surface area is 258 Å². The van der Waals surface area contributed by atoms with Crippen molar-refractivity contribution in [2.24, 2.45) is 50.7 Å². The number of amides is 2. The number of allylic oxidation sites excluding steroid dienone is 1. The normalized spacial score (nSPS) is 43.8. The third kappa shape index (κ3) is 4.10. The number of ether oxygens (including phenoxy) is 1. The molecule has 5 aliphatic carbocycles. The molecule has 1 N–H and O–H groups in total. The molecule has 6 aliphatic rings. The van der Waals surface area contributed by atoms with Crippen molar-refractivity contribution in [2.45, 2.75) is 119 Å². The molecular formula is C36H54N2O5. The Morgan fingerprint density at radius 3 is 2.28 bits per heavy atom. The van der Waals surface area contributed by atoms with Gasteiger partial charge in [-0.15, -0.1) is 0 Å². The lowest BCUT2D eigenvalue weighted by Gasteiger charge is -2.72. The molecule has 3 unspecified atom stereocenters. The predicted octanol–water partition coefficient (Wildman–Crippen LogP) is 5.86. The van der Waals surface area contributed by atoms with E-state index in [-0.39, 0.29) is 76.1 Å². The summed E-state index contributed by atoms with van der Waals surface area (Å²) in [5.74, 6) is 1.14. The maximum absolute atomic E-state index is 14.5. The molecule has 0 aromatic rings. The minimum absolute atomic E-state index is 0.0110. The van der Waals surface area contributed by atoms with Gasteiger partial charge in [0.1, 0.15) is 6.10 Å². The molecule has 0 aromatic carbocycles. The van der Waals surface area contributed by atoms with Gasteiger partial charge >= 0.3 is 5.97 Å². The van der Waals surface area contributed by atoms with Gasteiger partial charge in [-0.25, -0.2) is 0 Å². The molecule has 0 radical (unpaired) electrons. The van der Waals surface area contributed by atoms with Gasteiger partial charge in [0.2, 0.25) is 11.8 Å². The monoisotopic (exact) mass is 594 g/mol. The first-order valence-corrected chi connectivity index (χ1v) is 17.0. The molecule has 5 fully saturated rings. The summed E-state index contributed by atoms with van der Waals surface area (Å²) >= 11 is 0. The second-order valence-corrected chi connectivity index (χ2v) is 16.8. The fraction of sp³-hybridized carbons (Fsp3) is 0.833. The molecule has 43 heavy (non-hydrogen) atoms. The summed E-state index contributed by atoms with van der Waals surface area (Å²) in [5, 5.41) is 2.86. The van der Waals surface area contributed by atoms with E-state index in [2.05, 4.69) is 53.8 Å². The number of nitrogens with zero attached hydrogens (tertiary/aromatic N) is 1. The molecule has 0 bridgehead atoms. The molecule has 2 amide bonds. The van der Waals surface area contributed by atoms with Crippen molar-refractivity contribution in [3.8, 4) is 0 Å². The number of fused-ring (bicyclic) bond motifs is 7. The second kappa shape index (κ2) is 9.91. The van der Waals surface area contributed by atoms with Crippen LogP contribution in [0.3, 0.4) is 0 Å². The van der Waals surface area contributed by atoms with E-state index in [0.717, 1.165) is 56.1 Å². The van der Waals surface area contributed by atoms with Gasteiger partial charge in [0.15, 0.2) is 5.78 Å². The van der Waals surface area contributed by atoms with Crippen molar-refractivity contribution in [1.29, 1.82) is 0 Å². The van der Waals surface area contributed by atoms with Crippen molar-refractivity contribution >= 4 is 23.6 Å². The molecule has 0 aromatic heterocycles. The third-order valence-electron chi connectivity index (χ3n) is 14.4. The highest BCUT2D eigenvalue weighted by Gasteiger charge is 2.71. The van der Waals surface area contributed by atoms with E-state index in [1.54, 1.807) is 4.90 Å². The van der Waals surface area contributed by atoms with Crippen LogP contribution in [-0.2, 0) is 23.9 Å². The smallest absolute Gasteiger partial charge is 0.302 e. The number of carbonyl (C=O) groups is 4. The second-order valence-electron chi connectivity index (χ2n) is 16.8. The van der Waals surface area contributed by atoms with E-state index >= 15 is 0 Å². The lowest BCUT2D eigenvalue weighted by atomic mass is 9.33. The lowest BCUT2D eigenvalue weighted by molar-refractivity contribution is -0.232. The zero-order valence-electron chi connectivity index (χ0n) is 27.9. The number of piperazine rings is 1. The first-order valence-electron chi connectivity index (χ1n) is 17.0. The minimum Gasteiger partial charge on any atom is -0.462 e. The molecule has 1 saturated heterocycles. The fourth-order valence-electron chi connectivity index (χ4n) is 12.4. The topological polar surface area (TPSA) is 92.8 Å². The molecule has 7 heteroatoms. The number of rotatable bonds is 3. The van der Waals surface area contributed by atoms with E-state index in [0.29, 0.717) is 31.3 Å². The van der Waals surface area contributed by atoms with Gasteiger partial charge in [0.05, 0.1) is 12.0 Å².